The fourth-order valence-corrected chi connectivity index (χ4v) is 4.47. The van der Waals surface area contributed by atoms with Gasteiger partial charge >= 0.3 is 0 Å². The van der Waals surface area contributed by atoms with E-state index < -0.39 is 0 Å². The van der Waals surface area contributed by atoms with E-state index in [1.807, 2.05) is 11.3 Å². The number of hydrogen-bond acceptors (Lipinski definition) is 3. The van der Waals surface area contributed by atoms with Gasteiger partial charge in [-0.05, 0) is 49.5 Å². The van der Waals surface area contributed by atoms with E-state index in [4.69, 9.17) is 5.73 Å². The Morgan fingerprint density at radius 3 is 2.79 bits per heavy atom. The molecule has 2 atom stereocenters. The van der Waals surface area contributed by atoms with Gasteiger partial charge in [0.1, 0.15) is 0 Å². The van der Waals surface area contributed by atoms with Crippen molar-refractivity contribution < 1.29 is 0 Å². The van der Waals surface area contributed by atoms with Crippen molar-refractivity contribution in [2.24, 2.45) is 11.7 Å². The summed E-state index contributed by atoms with van der Waals surface area (Å²) in [6.07, 6.45) is 8.08. The van der Waals surface area contributed by atoms with E-state index in [-0.39, 0.29) is 0 Å². The summed E-state index contributed by atoms with van der Waals surface area (Å²) < 4.78 is 0. The molecule has 1 aromatic rings. The molecular formula is C16H26N2S. The first-order chi connectivity index (χ1) is 9.27. The van der Waals surface area contributed by atoms with Gasteiger partial charge in [-0.1, -0.05) is 19.4 Å². The molecule has 0 amide bonds. The number of rotatable bonds is 6. The minimum atomic E-state index is 0.297. The van der Waals surface area contributed by atoms with Gasteiger partial charge in [-0.15, -0.1) is 11.3 Å². The Balaban J connectivity index is 1.78. The monoisotopic (exact) mass is 278 g/mol. The summed E-state index contributed by atoms with van der Waals surface area (Å²) in [6, 6.07) is 5.25. The Morgan fingerprint density at radius 2 is 2.26 bits per heavy atom. The van der Waals surface area contributed by atoms with Crippen molar-refractivity contribution in [1.29, 1.82) is 0 Å². The molecule has 19 heavy (non-hydrogen) atoms. The van der Waals surface area contributed by atoms with E-state index in [9.17, 15) is 0 Å². The number of nitrogens with zero attached hydrogens (tertiary/aromatic N) is 1. The molecule has 0 radical (unpaired) electrons. The zero-order chi connectivity index (χ0) is 13.3. The van der Waals surface area contributed by atoms with Crippen LogP contribution in [0.1, 0.15) is 50.3 Å². The lowest BCUT2D eigenvalue weighted by Crippen LogP contribution is -2.52. The summed E-state index contributed by atoms with van der Waals surface area (Å²) in [5, 5.41) is 2.19. The molecular weight excluding hydrogens is 252 g/mol. The number of nitrogens with two attached hydrogens (primary N) is 1. The second-order valence-corrected chi connectivity index (χ2v) is 7.42. The summed E-state index contributed by atoms with van der Waals surface area (Å²) in [6.45, 7) is 4.29. The van der Waals surface area contributed by atoms with Gasteiger partial charge in [0.15, 0.2) is 0 Å². The van der Waals surface area contributed by atoms with Crippen molar-refractivity contribution in [1.82, 2.24) is 4.90 Å². The average molecular weight is 278 g/mol. The first kappa shape index (κ1) is 13.6. The van der Waals surface area contributed by atoms with E-state index in [1.165, 1.54) is 43.4 Å². The summed E-state index contributed by atoms with van der Waals surface area (Å²) in [5.41, 5.74) is 6.54. The molecule has 1 aromatic heterocycles. The quantitative estimate of drug-likeness (QED) is 0.861. The minimum absolute atomic E-state index is 0.297. The van der Waals surface area contributed by atoms with Crippen LogP contribution in [0.2, 0.25) is 0 Å². The summed E-state index contributed by atoms with van der Waals surface area (Å²) in [5.74, 6) is 0.896. The normalized spacial score (nSPS) is 31.2. The van der Waals surface area contributed by atoms with Crippen molar-refractivity contribution in [3.8, 4) is 0 Å². The van der Waals surface area contributed by atoms with Crippen LogP contribution in [0, 0.1) is 5.92 Å². The Kier molecular flexibility index (Phi) is 3.97. The maximum absolute atomic E-state index is 6.24. The second-order valence-electron chi connectivity index (χ2n) is 6.38. The van der Waals surface area contributed by atoms with Crippen molar-refractivity contribution >= 4 is 11.3 Å². The van der Waals surface area contributed by atoms with E-state index in [0.29, 0.717) is 5.54 Å². The highest BCUT2D eigenvalue weighted by Gasteiger charge is 2.47. The van der Waals surface area contributed by atoms with Crippen LogP contribution in [0.5, 0.6) is 0 Å². The molecule has 2 aliphatic rings. The van der Waals surface area contributed by atoms with Gasteiger partial charge in [-0.2, -0.15) is 0 Å². The van der Waals surface area contributed by atoms with Gasteiger partial charge in [0, 0.05) is 29.5 Å². The molecule has 2 N–H and O–H groups in total. The molecule has 1 heterocycles. The van der Waals surface area contributed by atoms with E-state index >= 15 is 0 Å². The molecule has 0 spiro atoms. The molecule has 2 saturated carbocycles. The zero-order valence-electron chi connectivity index (χ0n) is 12.0. The van der Waals surface area contributed by atoms with Gasteiger partial charge in [-0.25, -0.2) is 0 Å². The lowest BCUT2D eigenvalue weighted by molar-refractivity contribution is 0.0783. The van der Waals surface area contributed by atoms with Crippen LogP contribution < -0.4 is 5.73 Å². The first-order valence-corrected chi connectivity index (χ1v) is 8.64. The minimum Gasteiger partial charge on any atom is -0.329 e. The van der Waals surface area contributed by atoms with E-state index in [0.717, 1.165) is 25.0 Å². The van der Waals surface area contributed by atoms with Crippen LogP contribution in [-0.4, -0.2) is 23.0 Å². The third-order valence-electron chi connectivity index (χ3n) is 5.15. The van der Waals surface area contributed by atoms with Crippen LogP contribution in [0.3, 0.4) is 0 Å². The van der Waals surface area contributed by atoms with Crippen LogP contribution in [0.4, 0.5) is 0 Å². The van der Waals surface area contributed by atoms with Crippen LogP contribution in [-0.2, 0) is 6.54 Å². The highest BCUT2D eigenvalue weighted by Crippen LogP contribution is 2.45. The molecule has 2 aliphatic carbocycles. The van der Waals surface area contributed by atoms with Gasteiger partial charge < -0.3 is 5.73 Å². The predicted molar refractivity (Wildman–Crippen MR) is 82.3 cm³/mol. The molecule has 3 rings (SSSR count). The molecule has 3 heteroatoms. The predicted octanol–water partition coefficient (Wildman–Crippen LogP) is 3.62. The highest BCUT2D eigenvalue weighted by molar-refractivity contribution is 7.09. The largest absolute Gasteiger partial charge is 0.329 e. The highest BCUT2D eigenvalue weighted by atomic mass is 32.1. The molecule has 0 saturated heterocycles. The fraction of sp³-hybridized carbons (Fsp3) is 0.750. The third-order valence-corrected chi connectivity index (χ3v) is 6.01. The number of thiophene rings is 1. The van der Waals surface area contributed by atoms with Gasteiger partial charge in [0.05, 0.1) is 0 Å². The Hall–Kier alpha value is -0.380. The van der Waals surface area contributed by atoms with E-state index in [2.05, 4.69) is 29.3 Å². The SMILES string of the molecule is CCC1CCC(CN)(N(Cc2cccs2)C2CC2)C1. The van der Waals surface area contributed by atoms with Crippen molar-refractivity contribution in [3.05, 3.63) is 22.4 Å². The maximum atomic E-state index is 6.24. The molecule has 0 aromatic carbocycles. The molecule has 2 nitrogen and oxygen atoms in total. The summed E-state index contributed by atoms with van der Waals surface area (Å²) in [4.78, 5) is 4.27. The molecule has 0 bridgehead atoms. The second kappa shape index (κ2) is 5.55. The third kappa shape index (κ3) is 2.74. The van der Waals surface area contributed by atoms with Crippen molar-refractivity contribution in [3.63, 3.8) is 0 Å². The molecule has 0 aliphatic heterocycles. The maximum Gasteiger partial charge on any atom is 0.0341 e. The van der Waals surface area contributed by atoms with Gasteiger partial charge in [0.25, 0.3) is 0 Å². The van der Waals surface area contributed by atoms with Gasteiger partial charge in [0.2, 0.25) is 0 Å². The molecule has 106 valence electrons. The zero-order valence-corrected chi connectivity index (χ0v) is 12.8. The standard InChI is InChI=1S/C16H26N2S/c1-2-13-7-8-16(10-13,12-17)18(14-5-6-14)11-15-4-3-9-19-15/h3-4,9,13-14H,2,5-8,10-12,17H2,1H3. The Morgan fingerprint density at radius 1 is 1.42 bits per heavy atom. The van der Waals surface area contributed by atoms with Gasteiger partial charge in [-0.3, -0.25) is 4.90 Å². The number of hydrogen-bond donors (Lipinski definition) is 1. The van der Waals surface area contributed by atoms with Crippen LogP contribution in [0.25, 0.3) is 0 Å². The average Bonchev–Trinajstić information content (AvgIpc) is 2.99. The topological polar surface area (TPSA) is 29.3 Å². The summed E-state index contributed by atoms with van der Waals surface area (Å²) in [7, 11) is 0. The van der Waals surface area contributed by atoms with E-state index in [1.54, 1.807) is 0 Å². The lowest BCUT2D eigenvalue weighted by Gasteiger charge is -2.41. The lowest BCUT2D eigenvalue weighted by atomic mass is 9.92. The Bertz CT molecular complexity index is 399. The molecule has 2 fully saturated rings. The first-order valence-electron chi connectivity index (χ1n) is 7.76. The fourth-order valence-electron chi connectivity index (χ4n) is 3.77. The van der Waals surface area contributed by atoms with Crippen LogP contribution in [0.15, 0.2) is 17.5 Å². The molecule has 2 unspecified atom stereocenters. The summed E-state index contributed by atoms with van der Waals surface area (Å²) >= 11 is 1.89. The van der Waals surface area contributed by atoms with Crippen LogP contribution >= 0.6 is 11.3 Å². The van der Waals surface area contributed by atoms with Crippen molar-refractivity contribution in [2.45, 2.75) is 63.6 Å². The Labute approximate surface area is 121 Å². The van der Waals surface area contributed by atoms with Crippen molar-refractivity contribution in [2.75, 3.05) is 6.54 Å². The smallest absolute Gasteiger partial charge is 0.0341 e.